The Hall–Kier alpha value is -0.320. The minimum atomic E-state index is 0.741. The van der Waals surface area contributed by atoms with E-state index >= 15 is 0 Å². The maximum atomic E-state index is 3.68. The third-order valence-corrected chi connectivity index (χ3v) is 6.79. The molecular formula is C25H56N8. The summed E-state index contributed by atoms with van der Waals surface area (Å²) in [5.41, 5.74) is 0. The van der Waals surface area contributed by atoms with Crippen LogP contribution in [-0.4, -0.2) is 105 Å². The molecule has 0 aromatic carbocycles. The van der Waals surface area contributed by atoms with E-state index in [4.69, 9.17) is 0 Å². The van der Waals surface area contributed by atoms with Crippen molar-refractivity contribution < 1.29 is 0 Å². The fraction of sp³-hybridized carbons (Fsp3) is 1.00. The van der Waals surface area contributed by atoms with Gasteiger partial charge in [0.2, 0.25) is 0 Å². The van der Waals surface area contributed by atoms with E-state index < -0.39 is 0 Å². The van der Waals surface area contributed by atoms with Crippen molar-refractivity contribution >= 4 is 0 Å². The molecule has 33 heavy (non-hydrogen) atoms. The molecule has 2 aliphatic heterocycles. The summed E-state index contributed by atoms with van der Waals surface area (Å²) >= 11 is 0. The van der Waals surface area contributed by atoms with E-state index in [1.165, 1.54) is 44.9 Å². The zero-order valence-corrected chi connectivity index (χ0v) is 21.4. The monoisotopic (exact) mass is 468 g/mol. The first-order chi connectivity index (χ1) is 16.4. The van der Waals surface area contributed by atoms with Crippen LogP contribution in [0.5, 0.6) is 0 Å². The molecule has 0 amide bonds. The molecule has 8 heteroatoms. The van der Waals surface area contributed by atoms with Crippen molar-refractivity contribution in [3.05, 3.63) is 0 Å². The molecule has 2 fully saturated rings. The highest BCUT2D eigenvalue weighted by molar-refractivity contribution is 4.70. The highest BCUT2D eigenvalue weighted by Gasteiger charge is 2.11. The molecule has 0 saturated carbocycles. The minimum Gasteiger partial charge on any atom is -0.315 e. The molecule has 0 unspecified atom stereocenters. The molecule has 0 aromatic rings. The van der Waals surface area contributed by atoms with Crippen molar-refractivity contribution in [1.82, 2.24) is 42.5 Å². The molecule has 2 aliphatic rings. The van der Waals surface area contributed by atoms with Gasteiger partial charge in [-0.15, -0.1) is 0 Å². The number of unbranched alkanes of at least 4 members (excludes halogenated alkanes) is 2. The lowest BCUT2D eigenvalue weighted by molar-refractivity contribution is 0.374. The SMILES string of the molecule is C(CCC1CNCCNCCCNCCNC1)CCC1CNCCNCCCNCCNC1. The van der Waals surface area contributed by atoms with E-state index in [1.807, 2.05) is 0 Å². The lowest BCUT2D eigenvalue weighted by Crippen LogP contribution is -2.38. The Morgan fingerprint density at radius 3 is 0.970 bits per heavy atom. The summed E-state index contributed by atoms with van der Waals surface area (Å²) in [4.78, 5) is 0. The second-order valence-electron chi connectivity index (χ2n) is 9.89. The van der Waals surface area contributed by atoms with E-state index in [9.17, 15) is 0 Å². The second kappa shape index (κ2) is 22.2. The number of hydrogen-bond acceptors (Lipinski definition) is 8. The van der Waals surface area contributed by atoms with Crippen LogP contribution in [0, 0.1) is 11.8 Å². The quantitative estimate of drug-likeness (QED) is 0.252. The number of hydrogen-bond donors (Lipinski definition) is 8. The first-order valence-corrected chi connectivity index (χ1v) is 14.1. The van der Waals surface area contributed by atoms with Gasteiger partial charge in [-0.25, -0.2) is 0 Å². The predicted molar refractivity (Wildman–Crippen MR) is 142 cm³/mol. The van der Waals surface area contributed by atoms with Gasteiger partial charge in [-0.1, -0.05) is 19.3 Å². The lowest BCUT2D eigenvalue weighted by Gasteiger charge is -2.21. The average molecular weight is 469 g/mol. The van der Waals surface area contributed by atoms with Crippen LogP contribution in [0.1, 0.15) is 44.9 Å². The van der Waals surface area contributed by atoms with Crippen molar-refractivity contribution in [2.24, 2.45) is 11.8 Å². The van der Waals surface area contributed by atoms with Gasteiger partial charge in [-0.3, -0.25) is 0 Å². The Labute approximate surface area is 204 Å². The molecule has 0 aromatic heterocycles. The fourth-order valence-corrected chi connectivity index (χ4v) is 4.70. The molecule has 196 valence electrons. The minimum absolute atomic E-state index is 0.741. The van der Waals surface area contributed by atoms with Crippen molar-refractivity contribution in [2.45, 2.75) is 44.9 Å². The molecule has 2 rings (SSSR count). The third kappa shape index (κ3) is 17.7. The van der Waals surface area contributed by atoms with Gasteiger partial charge in [0.05, 0.1) is 0 Å². The van der Waals surface area contributed by atoms with Crippen LogP contribution in [0.4, 0.5) is 0 Å². The Kier molecular flexibility index (Phi) is 19.4. The molecule has 0 spiro atoms. The van der Waals surface area contributed by atoms with Gasteiger partial charge in [-0.05, 0) is 89.9 Å². The van der Waals surface area contributed by atoms with E-state index in [0.29, 0.717) is 0 Å². The second-order valence-corrected chi connectivity index (χ2v) is 9.89. The zero-order chi connectivity index (χ0) is 23.1. The van der Waals surface area contributed by atoms with Gasteiger partial charge in [0.25, 0.3) is 0 Å². The Morgan fingerprint density at radius 1 is 0.333 bits per heavy atom. The van der Waals surface area contributed by atoms with E-state index in [2.05, 4.69) is 42.5 Å². The number of nitrogens with one attached hydrogen (secondary N) is 8. The van der Waals surface area contributed by atoms with Crippen LogP contribution < -0.4 is 42.5 Å². The Bertz CT molecular complexity index is 348. The fourth-order valence-electron chi connectivity index (χ4n) is 4.70. The molecule has 0 aliphatic carbocycles. The van der Waals surface area contributed by atoms with Crippen molar-refractivity contribution in [2.75, 3.05) is 105 Å². The Morgan fingerprint density at radius 2 is 0.636 bits per heavy atom. The highest BCUT2D eigenvalue weighted by Crippen LogP contribution is 2.13. The van der Waals surface area contributed by atoms with Crippen LogP contribution in [0.15, 0.2) is 0 Å². The van der Waals surface area contributed by atoms with E-state index in [1.54, 1.807) is 0 Å². The van der Waals surface area contributed by atoms with Gasteiger partial charge < -0.3 is 42.5 Å². The maximum Gasteiger partial charge on any atom is 0.00768 e. The summed E-state index contributed by atoms with van der Waals surface area (Å²) in [6.07, 6.45) is 9.16. The van der Waals surface area contributed by atoms with Gasteiger partial charge in [0.15, 0.2) is 0 Å². The third-order valence-electron chi connectivity index (χ3n) is 6.79. The topological polar surface area (TPSA) is 96.2 Å². The maximum absolute atomic E-state index is 3.68. The highest BCUT2D eigenvalue weighted by atomic mass is 15.0. The molecule has 0 radical (unpaired) electrons. The molecule has 0 atom stereocenters. The van der Waals surface area contributed by atoms with Crippen LogP contribution >= 0.6 is 0 Å². The van der Waals surface area contributed by atoms with Crippen molar-refractivity contribution in [3.8, 4) is 0 Å². The Balaban J connectivity index is 1.59. The van der Waals surface area contributed by atoms with Crippen molar-refractivity contribution in [1.29, 1.82) is 0 Å². The lowest BCUT2D eigenvalue weighted by atomic mass is 9.97. The first kappa shape index (κ1) is 28.9. The summed E-state index contributed by atoms with van der Waals surface area (Å²) in [6.45, 7) is 17.7. The zero-order valence-electron chi connectivity index (χ0n) is 21.4. The average Bonchev–Trinajstić information content (AvgIpc) is 2.83. The number of rotatable bonds is 6. The molecule has 8 nitrogen and oxygen atoms in total. The van der Waals surface area contributed by atoms with Gasteiger partial charge in [0.1, 0.15) is 0 Å². The summed E-state index contributed by atoms with van der Waals surface area (Å²) in [7, 11) is 0. The summed E-state index contributed by atoms with van der Waals surface area (Å²) in [5, 5.41) is 28.9. The largest absolute Gasteiger partial charge is 0.315 e. The summed E-state index contributed by atoms with van der Waals surface area (Å²) < 4.78 is 0. The molecule has 2 saturated heterocycles. The van der Waals surface area contributed by atoms with Gasteiger partial charge in [0, 0.05) is 52.4 Å². The van der Waals surface area contributed by atoms with Crippen LogP contribution in [0.3, 0.4) is 0 Å². The smallest absolute Gasteiger partial charge is 0.00768 e. The van der Waals surface area contributed by atoms with Gasteiger partial charge in [-0.2, -0.15) is 0 Å². The van der Waals surface area contributed by atoms with Gasteiger partial charge >= 0.3 is 0 Å². The standard InChI is InChI=1S/C25H56N8/c1(2-6-24-20-30-16-12-26-8-4-9-27-13-17-31-21-24)3-7-25-22-32-18-14-28-10-5-11-29-15-19-33-23-25/h24-33H,1-23H2. The normalized spacial score (nSPS) is 24.0. The summed E-state index contributed by atoms with van der Waals surface area (Å²) in [6, 6.07) is 0. The first-order valence-electron chi connectivity index (χ1n) is 14.1. The molecule has 0 bridgehead atoms. The molecule has 2 heterocycles. The molecule has 8 N–H and O–H groups in total. The van der Waals surface area contributed by atoms with E-state index in [-0.39, 0.29) is 0 Å². The van der Waals surface area contributed by atoms with E-state index in [0.717, 1.165) is 117 Å². The van der Waals surface area contributed by atoms with Crippen molar-refractivity contribution in [3.63, 3.8) is 0 Å². The summed E-state index contributed by atoms with van der Waals surface area (Å²) in [5.74, 6) is 1.48. The predicted octanol–water partition coefficient (Wildman–Crippen LogP) is -0.306. The molecular weight excluding hydrogens is 412 g/mol. The van der Waals surface area contributed by atoms with Crippen LogP contribution in [-0.2, 0) is 0 Å². The van der Waals surface area contributed by atoms with Crippen LogP contribution in [0.2, 0.25) is 0 Å². The van der Waals surface area contributed by atoms with Crippen LogP contribution in [0.25, 0.3) is 0 Å².